The number of imidazole rings is 1. The fourth-order valence-corrected chi connectivity index (χ4v) is 4.11. The number of hydrogen-bond acceptors (Lipinski definition) is 5. The Labute approximate surface area is 189 Å². The molecule has 0 unspecified atom stereocenters. The average Bonchev–Trinajstić information content (AvgIpc) is 3.13. The summed E-state index contributed by atoms with van der Waals surface area (Å²) in [6, 6.07) is 24.3. The molecule has 0 aliphatic rings. The molecule has 4 aromatic rings. The van der Waals surface area contributed by atoms with E-state index in [1.165, 1.54) is 11.8 Å². The molecule has 0 saturated heterocycles. The number of esters is 1. The standard InChI is InChI=1S/C24H19ClN2O3S/c25-19-11-12-21-20(13-19)26-24(27(21)14-17-7-3-1-4-8-17)31-16-23(29)30-15-22(28)18-9-5-2-6-10-18/h1-13H,14-16H2. The number of thioether (sulfide) groups is 1. The van der Waals surface area contributed by atoms with Gasteiger partial charge in [0.2, 0.25) is 0 Å². The van der Waals surface area contributed by atoms with Crippen LogP contribution in [0.1, 0.15) is 15.9 Å². The Balaban J connectivity index is 1.45. The van der Waals surface area contributed by atoms with Gasteiger partial charge in [-0.25, -0.2) is 4.98 Å². The Morgan fingerprint density at radius 3 is 2.42 bits per heavy atom. The van der Waals surface area contributed by atoms with Crippen LogP contribution in [0.5, 0.6) is 0 Å². The van der Waals surface area contributed by atoms with Gasteiger partial charge in [0.05, 0.1) is 23.3 Å². The van der Waals surface area contributed by atoms with Crippen LogP contribution in [0, 0.1) is 0 Å². The number of halogens is 1. The van der Waals surface area contributed by atoms with Gasteiger partial charge in [0.25, 0.3) is 0 Å². The zero-order valence-electron chi connectivity index (χ0n) is 16.5. The van der Waals surface area contributed by atoms with Crippen molar-refractivity contribution >= 4 is 46.1 Å². The summed E-state index contributed by atoms with van der Waals surface area (Å²) >= 11 is 7.40. The maximum Gasteiger partial charge on any atom is 0.316 e. The molecule has 0 aliphatic carbocycles. The van der Waals surface area contributed by atoms with Crippen LogP contribution >= 0.6 is 23.4 Å². The van der Waals surface area contributed by atoms with Gasteiger partial charge in [-0.05, 0) is 23.8 Å². The lowest BCUT2D eigenvalue weighted by molar-refractivity contribution is -0.139. The van der Waals surface area contributed by atoms with E-state index in [1.54, 1.807) is 30.3 Å². The first-order chi connectivity index (χ1) is 15.1. The summed E-state index contributed by atoms with van der Waals surface area (Å²) in [5.41, 5.74) is 3.33. The van der Waals surface area contributed by atoms with Gasteiger partial charge in [-0.3, -0.25) is 9.59 Å². The number of carbonyl (C=O) groups excluding carboxylic acids is 2. The van der Waals surface area contributed by atoms with Gasteiger partial charge in [0, 0.05) is 10.6 Å². The van der Waals surface area contributed by atoms with E-state index in [9.17, 15) is 9.59 Å². The second-order valence-electron chi connectivity index (χ2n) is 6.84. The number of fused-ring (bicyclic) bond motifs is 1. The number of ether oxygens (including phenoxy) is 1. The van der Waals surface area contributed by atoms with Gasteiger partial charge in [-0.1, -0.05) is 84.0 Å². The monoisotopic (exact) mass is 450 g/mol. The van der Waals surface area contributed by atoms with E-state index in [0.29, 0.717) is 22.3 Å². The summed E-state index contributed by atoms with van der Waals surface area (Å²) in [6.45, 7) is 0.336. The van der Waals surface area contributed by atoms with Gasteiger partial charge in [0.15, 0.2) is 17.5 Å². The zero-order valence-corrected chi connectivity index (χ0v) is 18.1. The largest absolute Gasteiger partial charge is 0.457 e. The molecule has 0 bridgehead atoms. The van der Waals surface area contributed by atoms with Crippen molar-refractivity contribution in [3.05, 3.63) is 95.0 Å². The predicted molar refractivity (Wildman–Crippen MR) is 123 cm³/mol. The van der Waals surface area contributed by atoms with Gasteiger partial charge in [-0.15, -0.1) is 0 Å². The third-order valence-electron chi connectivity index (χ3n) is 4.64. The average molecular weight is 451 g/mol. The van der Waals surface area contributed by atoms with Crippen molar-refractivity contribution in [2.45, 2.75) is 11.7 Å². The molecule has 3 aromatic carbocycles. The highest BCUT2D eigenvalue weighted by molar-refractivity contribution is 7.99. The molecule has 0 fully saturated rings. The van der Waals surface area contributed by atoms with Crippen LogP contribution in [-0.4, -0.2) is 33.7 Å². The smallest absolute Gasteiger partial charge is 0.316 e. The first kappa shape index (κ1) is 21.2. The van der Waals surface area contributed by atoms with E-state index >= 15 is 0 Å². The van der Waals surface area contributed by atoms with E-state index in [2.05, 4.69) is 4.98 Å². The fraction of sp³-hybridized carbons (Fsp3) is 0.125. The van der Waals surface area contributed by atoms with Crippen LogP contribution in [0.25, 0.3) is 11.0 Å². The van der Waals surface area contributed by atoms with Gasteiger partial charge < -0.3 is 9.30 Å². The molecule has 1 aromatic heterocycles. The van der Waals surface area contributed by atoms with E-state index < -0.39 is 5.97 Å². The lowest BCUT2D eigenvalue weighted by Gasteiger charge is -2.09. The Hall–Kier alpha value is -3.09. The summed E-state index contributed by atoms with van der Waals surface area (Å²) < 4.78 is 7.21. The lowest BCUT2D eigenvalue weighted by atomic mass is 10.1. The predicted octanol–water partition coefficient (Wildman–Crippen LogP) is 5.26. The maximum atomic E-state index is 12.2. The molecule has 1 heterocycles. The second kappa shape index (κ2) is 9.81. The molecule has 5 nitrogen and oxygen atoms in total. The van der Waals surface area contributed by atoms with Crippen molar-refractivity contribution < 1.29 is 14.3 Å². The number of carbonyl (C=O) groups is 2. The zero-order chi connectivity index (χ0) is 21.6. The highest BCUT2D eigenvalue weighted by atomic mass is 35.5. The van der Waals surface area contributed by atoms with Crippen molar-refractivity contribution in [3.8, 4) is 0 Å². The van der Waals surface area contributed by atoms with Crippen molar-refractivity contribution in [1.82, 2.24) is 9.55 Å². The Morgan fingerprint density at radius 1 is 0.968 bits per heavy atom. The molecular weight excluding hydrogens is 432 g/mol. The van der Waals surface area contributed by atoms with Gasteiger partial charge in [0.1, 0.15) is 0 Å². The molecule has 0 aliphatic heterocycles. The van der Waals surface area contributed by atoms with Gasteiger partial charge in [-0.2, -0.15) is 0 Å². The quantitative estimate of drug-likeness (QED) is 0.208. The van der Waals surface area contributed by atoms with Crippen LogP contribution in [0.4, 0.5) is 0 Å². The van der Waals surface area contributed by atoms with Crippen molar-refractivity contribution in [3.63, 3.8) is 0 Å². The Morgan fingerprint density at radius 2 is 1.68 bits per heavy atom. The summed E-state index contributed by atoms with van der Waals surface area (Å²) in [6.07, 6.45) is 0. The second-order valence-corrected chi connectivity index (χ2v) is 8.22. The van der Waals surface area contributed by atoms with Crippen molar-refractivity contribution in [2.24, 2.45) is 0 Å². The first-order valence-corrected chi connectivity index (χ1v) is 11.0. The minimum Gasteiger partial charge on any atom is -0.457 e. The SMILES string of the molecule is O=C(CSc1nc2cc(Cl)ccc2n1Cc1ccccc1)OCC(=O)c1ccccc1. The Bertz CT molecular complexity index is 1210. The third-order valence-corrected chi connectivity index (χ3v) is 5.82. The molecular formula is C24H19ClN2O3S. The number of ketones is 1. The molecule has 0 amide bonds. The molecule has 0 saturated carbocycles. The minimum absolute atomic E-state index is 0.0495. The van der Waals surface area contributed by atoms with Crippen LogP contribution in [0.15, 0.2) is 84.0 Å². The number of aromatic nitrogens is 2. The van der Waals surface area contributed by atoms with E-state index in [1.807, 2.05) is 53.1 Å². The summed E-state index contributed by atoms with van der Waals surface area (Å²) in [5.74, 6) is -0.649. The third kappa shape index (κ3) is 5.34. The van der Waals surface area contributed by atoms with E-state index in [4.69, 9.17) is 16.3 Å². The Kier molecular flexibility index (Phi) is 6.70. The molecule has 0 atom stereocenters. The van der Waals surface area contributed by atoms with Crippen molar-refractivity contribution in [1.29, 1.82) is 0 Å². The minimum atomic E-state index is -0.467. The van der Waals surface area contributed by atoms with Crippen LogP contribution in [0.3, 0.4) is 0 Å². The van der Waals surface area contributed by atoms with Gasteiger partial charge >= 0.3 is 5.97 Å². The topological polar surface area (TPSA) is 61.2 Å². The van der Waals surface area contributed by atoms with E-state index in [0.717, 1.165) is 16.6 Å². The van der Waals surface area contributed by atoms with Crippen LogP contribution in [0.2, 0.25) is 5.02 Å². The number of benzene rings is 3. The number of hydrogen-bond donors (Lipinski definition) is 0. The lowest BCUT2D eigenvalue weighted by Crippen LogP contribution is -2.15. The molecule has 0 radical (unpaired) electrons. The molecule has 4 rings (SSSR count). The van der Waals surface area contributed by atoms with Crippen LogP contribution in [-0.2, 0) is 16.1 Å². The highest BCUT2D eigenvalue weighted by Crippen LogP contribution is 2.27. The number of rotatable bonds is 8. The summed E-state index contributed by atoms with van der Waals surface area (Å²) in [7, 11) is 0. The normalized spacial score (nSPS) is 10.9. The highest BCUT2D eigenvalue weighted by Gasteiger charge is 2.15. The fourth-order valence-electron chi connectivity index (χ4n) is 3.13. The first-order valence-electron chi connectivity index (χ1n) is 9.66. The number of Topliss-reactive ketones (excluding diaryl/α,β-unsaturated/α-hetero) is 1. The molecule has 156 valence electrons. The van der Waals surface area contributed by atoms with E-state index in [-0.39, 0.29) is 18.1 Å². The molecule has 7 heteroatoms. The summed E-state index contributed by atoms with van der Waals surface area (Å²) in [5, 5.41) is 1.29. The summed E-state index contributed by atoms with van der Waals surface area (Å²) in [4.78, 5) is 29.0. The molecule has 0 spiro atoms. The van der Waals surface area contributed by atoms with Crippen LogP contribution < -0.4 is 0 Å². The maximum absolute atomic E-state index is 12.2. The van der Waals surface area contributed by atoms with Crippen molar-refractivity contribution in [2.75, 3.05) is 12.4 Å². The molecule has 31 heavy (non-hydrogen) atoms. The number of nitrogens with zero attached hydrogens (tertiary/aromatic N) is 2. The molecule has 0 N–H and O–H groups in total.